The van der Waals surface area contributed by atoms with E-state index in [2.05, 4.69) is 11.1 Å². The Labute approximate surface area is 198 Å². The number of nitrogens with one attached hydrogen (secondary N) is 1. The Balaban J connectivity index is 0.00000300. The maximum absolute atomic E-state index is 14.1. The van der Waals surface area contributed by atoms with Crippen molar-refractivity contribution in [3.8, 4) is 6.07 Å². The van der Waals surface area contributed by atoms with Crippen molar-refractivity contribution in [1.29, 1.82) is 5.26 Å². The van der Waals surface area contributed by atoms with E-state index in [4.69, 9.17) is 27.1 Å². The molecule has 3 aromatic rings. The molecule has 0 aliphatic rings. The number of H-pyrrole nitrogens is 1. The molecule has 6 nitrogen and oxygen atoms in total. The molecule has 1 amide bonds. The van der Waals surface area contributed by atoms with E-state index in [1.807, 2.05) is 19.1 Å². The third-order valence-corrected chi connectivity index (χ3v) is 6.92. The molecule has 145 valence electrons. The molecule has 1 unspecified atom stereocenters. The zero-order valence-corrected chi connectivity index (χ0v) is 20.2. The summed E-state index contributed by atoms with van der Waals surface area (Å²) in [6, 6.07) is 13.3. The Bertz CT molecular complexity index is 1210. The number of fused-ring (bicyclic) bond motifs is 1. The first kappa shape index (κ1) is 23.5. The Morgan fingerprint density at radius 2 is 2.10 bits per heavy atom. The number of aromatic amines is 1. The summed E-state index contributed by atoms with van der Waals surface area (Å²) >= 11 is 6.07. The maximum atomic E-state index is 14.1. The van der Waals surface area contributed by atoms with Crippen LogP contribution in [0.2, 0.25) is 5.02 Å². The van der Waals surface area contributed by atoms with Crippen LogP contribution < -0.4 is 16.3 Å². The van der Waals surface area contributed by atoms with Gasteiger partial charge in [0.1, 0.15) is 0 Å². The van der Waals surface area contributed by atoms with Crippen LogP contribution >= 0.6 is 19.0 Å². The van der Waals surface area contributed by atoms with Crippen LogP contribution in [0.25, 0.3) is 17.0 Å². The minimum atomic E-state index is -3.74. The van der Waals surface area contributed by atoms with Gasteiger partial charge in [0.05, 0.1) is 11.8 Å². The number of primary amides is 1. The van der Waals surface area contributed by atoms with Crippen molar-refractivity contribution in [2.45, 2.75) is 6.92 Å². The predicted octanol–water partition coefficient (Wildman–Crippen LogP) is 3.44. The fraction of sp³-hybridized carbons (Fsp3) is 0.100. The first-order valence-corrected chi connectivity index (χ1v) is 10.2. The molecule has 1 atom stereocenters. The van der Waals surface area contributed by atoms with Gasteiger partial charge in [-0.2, -0.15) is 5.26 Å². The van der Waals surface area contributed by atoms with Crippen LogP contribution in [0.4, 0.5) is 0 Å². The average molecular weight is 502 g/mol. The second kappa shape index (κ2) is 9.38. The summed E-state index contributed by atoms with van der Waals surface area (Å²) in [5, 5.41) is 9.94. The molecular weight excluding hydrogens is 486 g/mol. The second-order valence-electron chi connectivity index (χ2n) is 6.11. The number of nitrogens with zero attached hydrogens (tertiary/aromatic N) is 1. The Hall–Kier alpha value is -1.74. The van der Waals surface area contributed by atoms with Gasteiger partial charge in [-0.1, -0.05) is 6.07 Å². The number of aromatic nitrogens is 1. The summed E-state index contributed by atoms with van der Waals surface area (Å²) in [6.07, 6.45) is 2.92. The van der Waals surface area contributed by atoms with E-state index in [0.29, 0.717) is 26.8 Å². The number of carbonyl (C=O) groups excluding carboxylic acids is 1. The van der Waals surface area contributed by atoms with Crippen molar-refractivity contribution >= 4 is 52.5 Å². The molecule has 3 rings (SSSR count). The van der Waals surface area contributed by atoms with E-state index >= 15 is 0 Å². The molecule has 0 fully saturated rings. The molecule has 1 aromatic heterocycles. The van der Waals surface area contributed by atoms with Crippen LogP contribution in [-0.4, -0.2) is 18.0 Å². The normalized spacial score (nSPS) is 13.0. The summed E-state index contributed by atoms with van der Waals surface area (Å²) in [5.74, 6) is -0.773. The van der Waals surface area contributed by atoms with E-state index in [0.717, 1.165) is 5.56 Å². The summed E-state index contributed by atoms with van der Waals surface area (Å²) in [6.45, 7) is 1.83. The number of benzene rings is 2. The largest absolute Gasteiger partial charge is 0.398 e. The van der Waals surface area contributed by atoms with E-state index < -0.39 is 13.3 Å². The summed E-state index contributed by atoms with van der Waals surface area (Å²) in [7, 11) is -2.43. The third-order valence-electron chi connectivity index (χ3n) is 4.22. The van der Waals surface area contributed by atoms with Crippen molar-refractivity contribution in [2.75, 3.05) is 7.11 Å². The molecule has 0 aliphatic carbocycles. The SMILES string of the molecule is COP(=O)(c1cc(C)cc(/C=C/C#N)c1)c1c(C(N)=O)[nH]c2ccc(Cl)[c-]c12.[Y]. The van der Waals surface area contributed by atoms with Crippen molar-refractivity contribution in [3.05, 3.63) is 64.3 Å². The number of aryl methyl sites for hydroxylation is 1. The Morgan fingerprint density at radius 1 is 1.38 bits per heavy atom. The van der Waals surface area contributed by atoms with Gasteiger partial charge < -0.3 is 15.2 Å². The van der Waals surface area contributed by atoms with Gasteiger partial charge >= 0.3 is 0 Å². The molecule has 3 N–H and O–H groups in total. The number of halogens is 1. The number of nitrogens with two attached hydrogens (primary N) is 1. The number of carbonyl (C=O) groups is 1. The minimum Gasteiger partial charge on any atom is -0.398 e. The van der Waals surface area contributed by atoms with Gasteiger partial charge in [0, 0.05) is 51.2 Å². The van der Waals surface area contributed by atoms with Gasteiger partial charge in [-0.3, -0.25) is 9.36 Å². The molecule has 0 spiro atoms. The van der Waals surface area contributed by atoms with Gasteiger partial charge in [0.15, 0.2) is 0 Å². The zero-order valence-electron chi connectivity index (χ0n) is 15.7. The van der Waals surface area contributed by atoms with Gasteiger partial charge in [-0.15, -0.1) is 35.2 Å². The molecular formula is C20H16ClN3O3PY-. The maximum Gasteiger partial charge on any atom is 0.255 e. The van der Waals surface area contributed by atoms with E-state index in [9.17, 15) is 9.36 Å². The van der Waals surface area contributed by atoms with Crippen LogP contribution in [0.5, 0.6) is 0 Å². The molecule has 29 heavy (non-hydrogen) atoms. The van der Waals surface area contributed by atoms with Gasteiger partial charge in [0.2, 0.25) is 7.37 Å². The van der Waals surface area contributed by atoms with Gasteiger partial charge in [-0.25, -0.2) is 0 Å². The third kappa shape index (κ3) is 4.55. The Kier molecular flexibility index (Phi) is 7.62. The first-order valence-electron chi connectivity index (χ1n) is 8.18. The molecule has 1 heterocycles. The predicted molar refractivity (Wildman–Crippen MR) is 110 cm³/mol. The number of hydrogen-bond donors (Lipinski definition) is 2. The van der Waals surface area contributed by atoms with Crippen LogP contribution in [0.3, 0.4) is 0 Å². The van der Waals surface area contributed by atoms with Gasteiger partial charge in [0.25, 0.3) is 5.91 Å². The van der Waals surface area contributed by atoms with E-state index in [1.165, 1.54) is 13.2 Å². The van der Waals surface area contributed by atoms with Crippen LogP contribution in [0.15, 0.2) is 36.4 Å². The molecule has 0 aliphatic heterocycles. The first-order chi connectivity index (χ1) is 13.3. The van der Waals surface area contributed by atoms with Crippen molar-refractivity contribution in [2.24, 2.45) is 5.73 Å². The molecule has 1 radical (unpaired) electrons. The summed E-state index contributed by atoms with van der Waals surface area (Å²) < 4.78 is 19.6. The fourth-order valence-electron chi connectivity index (χ4n) is 3.07. The fourth-order valence-corrected chi connectivity index (χ4v) is 5.50. The number of nitriles is 1. The number of hydrogen-bond acceptors (Lipinski definition) is 4. The monoisotopic (exact) mass is 501 g/mol. The van der Waals surface area contributed by atoms with Crippen LogP contribution in [0.1, 0.15) is 21.6 Å². The van der Waals surface area contributed by atoms with Crippen LogP contribution in [-0.2, 0) is 41.8 Å². The summed E-state index contributed by atoms with van der Waals surface area (Å²) in [5.41, 5.74) is 7.52. The number of rotatable bonds is 5. The van der Waals surface area contributed by atoms with Crippen molar-refractivity contribution < 1.29 is 46.6 Å². The Morgan fingerprint density at radius 3 is 2.72 bits per heavy atom. The molecule has 0 bridgehead atoms. The minimum absolute atomic E-state index is 0. The molecule has 9 heteroatoms. The standard InChI is InChI=1S/C20H16ClN3O3P.Y/c1-12-8-13(4-3-7-22)10-15(9-12)28(26,27-2)19-16-11-14(21)5-6-17(16)24-18(19)20(23)25;/h3-6,8-10,24H,1-2H3,(H2,23,25);/q-1;/b4-3+;. The van der Waals surface area contributed by atoms with Crippen molar-refractivity contribution in [3.63, 3.8) is 0 Å². The molecule has 2 aromatic carbocycles. The van der Waals surface area contributed by atoms with E-state index in [1.54, 1.807) is 30.3 Å². The van der Waals surface area contributed by atoms with Crippen molar-refractivity contribution in [1.82, 2.24) is 4.98 Å². The number of amides is 1. The van der Waals surface area contributed by atoms with E-state index in [-0.39, 0.29) is 43.7 Å². The van der Waals surface area contributed by atoms with Crippen LogP contribution in [0, 0.1) is 24.3 Å². The second-order valence-corrected chi connectivity index (χ2v) is 8.95. The topological polar surface area (TPSA) is 109 Å². The quantitative estimate of drug-likeness (QED) is 0.317. The molecule has 0 saturated heterocycles. The summed E-state index contributed by atoms with van der Waals surface area (Å²) in [4.78, 5) is 15.0. The van der Waals surface area contributed by atoms with Gasteiger partial charge in [-0.05, 0) is 52.1 Å². The molecule has 0 saturated carbocycles. The smallest absolute Gasteiger partial charge is 0.255 e. The zero-order chi connectivity index (χ0) is 20.5. The average Bonchev–Trinajstić information content (AvgIpc) is 3.04. The number of allylic oxidation sites excluding steroid dienone is 1.